The summed E-state index contributed by atoms with van der Waals surface area (Å²) in [6.07, 6.45) is 4.60. The lowest BCUT2D eigenvalue weighted by Crippen LogP contribution is -2.44. The number of nitrogens with one attached hydrogen (secondary N) is 2. The lowest BCUT2D eigenvalue weighted by atomic mass is 9.97. The molecule has 3 heterocycles. The first-order chi connectivity index (χ1) is 26.1. The summed E-state index contributed by atoms with van der Waals surface area (Å²) in [4.78, 5) is 53.5. The maximum absolute atomic E-state index is 14.8. The number of likely N-dealkylation sites (tertiary alicyclic amines) is 1. The van der Waals surface area contributed by atoms with Gasteiger partial charge in [0.25, 0.3) is 0 Å². The predicted molar refractivity (Wildman–Crippen MR) is 203 cm³/mol. The molecule has 1 aliphatic heterocycles. The minimum atomic E-state index is -1.37. The van der Waals surface area contributed by atoms with Gasteiger partial charge in [0.05, 0.1) is 18.9 Å². The highest BCUT2D eigenvalue weighted by atomic mass is 19.1. The van der Waals surface area contributed by atoms with E-state index < -0.39 is 30.1 Å². The SMILES string of the molecule is C=CC1=C(C)c2ccccc2C1COC(=O)NCc1ccc(NC(=O)[C@@H]2C[C@@H](F)CN2C(=O)Cn2cc(C(C)=O)c3cc(-c4ccnnc4)ccc32)cc1. The van der Waals surface area contributed by atoms with Gasteiger partial charge in [-0.25, -0.2) is 9.18 Å². The van der Waals surface area contributed by atoms with Crippen LogP contribution in [-0.2, 0) is 27.4 Å². The third-order valence-electron chi connectivity index (χ3n) is 10.2. The highest BCUT2D eigenvalue weighted by Crippen LogP contribution is 2.42. The third-order valence-corrected chi connectivity index (χ3v) is 10.2. The average molecular weight is 727 g/mol. The Morgan fingerprint density at radius 3 is 2.56 bits per heavy atom. The lowest BCUT2D eigenvalue weighted by Gasteiger charge is -2.24. The second-order valence-electron chi connectivity index (χ2n) is 13.5. The van der Waals surface area contributed by atoms with Gasteiger partial charge in [-0.3, -0.25) is 14.4 Å². The van der Waals surface area contributed by atoms with Crippen LogP contribution in [0.2, 0.25) is 0 Å². The molecule has 3 amide bonds. The van der Waals surface area contributed by atoms with E-state index >= 15 is 0 Å². The van der Waals surface area contributed by atoms with Gasteiger partial charge in [0.15, 0.2) is 5.78 Å². The van der Waals surface area contributed by atoms with Crippen molar-refractivity contribution in [1.29, 1.82) is 0 Å². The highest BCUT2D eigenvalue weighted by Gasteiger charge is 2.40. The van der Waals surface area contributed by atoms with E-state index in [0.29, 0.717) is 22.2 Å². The first-order valence-electron chi connectivity index (χ1n) is 17.7. The smallest absolute Gasteiger partial charge is 0.407 e. The molecule has 1 aliphatic carbocycles. The number of alkyl halides is 1. The number of carbonyl (C=O) groups excluding carboxylic acids is 4. The number of nitrogens with zero attached hydrogens (tertiary/aromatic N) is 4. The van der Waals surface area contributed by atoms with Crippen LogP contribution in [0.15, 0.2) is 110 Å². The number of amides is 3. The van der Waals surface area contributed by atoms with E-state index in [9.17, 15) is 23.6 Å². The van der Waals surface area contributed by atoms with E-state index in [1.807, 2.05) is 55.5 Å². The first-order valence-corrected chi connectivity index (χ1v) is 17.7. The Labute approximate surface area is 311 Å². The Kier molecular flexibility index (Phi) is 10.2. The molecule has 3 atom stereocenters. The van der Waals surface area contributed by atoms with E-state index in [4.69, 9.17) is 4.74 Å². The quantitative estimate of drug-likeness (QED) is 0.142. The molecule has 0 radical (unpaired) electrons. The first kappa shape index (κ1) is 36.0. The van der Waals surface area contributed by atoms with Crippen molar-refractivity contribution >= 4 is 45.9 Å². The number of hydrogen-bond acceptors (Lipinski definition) is 7. The van der Waals surface area contributed by atoms with Gasteiger partial charge in [-0.15, -0.1) is 0 Å². The summed E-state index contributed by atoms with van der Waals surface area (Å²) >= 11 is 0. The van der Waals surface area contributed by atoms with Crippen LogP contribution < -0.4 is 10.6 Å². The van der Waals surface area contributed by atoms with Crippen molar-refractivity contribution in [2.45, 2.75) is 51.5 Å². The molecule has 0 saturated carbocycles. The molecule has 0 bridgehead atoms. The fourth-order valence-electron chi connectivity index (χ4n) is 7.41. The zero-order valence-electron chi connectivity index (χ0n) is 29.9. The van der Waals surface area contributed by atoms with Crippen molar-refractivity contribution in [1.82, 2.24) is 25.0 Å². The van der Waals surface area contributed by atoms with Gasteiger partial charge >= 0.3 is 6.09 Å². The molecule has 2 aliphatic rings. The molecule has 1 fully saturated rings. The number of rotatable bonds is 11. The molecule has 1 unspecified atom stereocenters. The predicted octanol–water partition coefficient (Wildman–Crippen LogP) is 6.86. The molecule has 5 aromatic rings. The number of hydrogen-bond donors (Lipinski definition) is 2. The Balaban J connectivity index is 0.952. The van der Waals surface area contributed by atoms with Gasteiger partial charge in [0.2, 0.25) is 11.8 Å². The second kappa shape index (κ2) is 15.3. The summed E-state index contributed by atoms with van der Waals surface area (Å²) in [5.41, 5.74) is 8.41. The molecule has 7 rings (SSSR count). The van der Waals surface area contributed by atoms with Crippen LogP contribution in [0.1, 0.15) is 53.2 Å². The van der Waals surface area contributed by atoms with Crippen LogP contribution in [0.3, 0.4) is 0 Å². The highest BCUT2D eigenvalue weighted by molar-refractivity contribution is 6.08. The topological polar surface area (TPSA) is 136 Å². The molecule has 2 N–H and O–H groups in total. The number of allylic oxidation sites excluding steroid dienone is 2. The number of aromatic nitrogens is 3. The Morgan fingerprint density at radius 2 is 1.81 bits per heavy atom. The molecule has 11 nitrogen and oxygen atoms in total. The van der Waals surface area contributed by atoms with E-state index in [0.717, 1.165) is 39.0 Å². The van der Waals surface area contributed by atoms with E-state index in [2.05, 4.69) is 33.5 Å². The maximum Gasteiger partial charge on any atom is 0.407 e. The molecular weight excluding hydrogens is 687 g/mol. The monoisotopic (exact) mass is 726 g/mol. The van der Waals surface area contributed by atoms with Crippen molar-refractivity contribution in [3.63, 3.8) is 0 Å². The van der Waals surface area contributed by atoms with Gasteiger partial charge in [0, 0.05) is 52.8 Å². The van der Waals surface area contributed by atoms with Gasteiger partial charge in [0.1, 0.15) is 25.4 Å². The number of fused-ring (bicyclic) bond motifs is 2. The van der Waals surface area contributed by atoms with Crippen LogP contribution in [0.4, 0.5) is 14.9 Å². The fourth-order valence-corrected chi connectivity index (χ4v) is 7.41. The summed E-state index contributed by atoms with van der Waals surface area (Å²) in [5, 5.41) is 14.0. The molecule has 12 heteroatoms. The van der Waals surface area contributed by atoms with Crippen molar-refractivity contribution in [3.8, 4) is 11.1 Å². The maximum atomic E-state index is 14.8. The van der Waals surface area contributed by atoms with Crippen molar-refractivity contribution in [2.24, 2.45) is 0 Å². The number of ether oxygens (including phenoxy) is 1. The largest absolute Gasteiger partial charge is 0.449 e. The molecular formula is C42H39FN6O5. The average Bonchev–Trinajstić information content (AvgIpc) is 3.84. The Bertz CT molecular complexity index is 2300. The molecule has 0 spiro atoms. The number of ketones is 1. The Hall–Kier alpha value is -6.43. The number of halogens is 1. The molecule has 274 valence electrons. The summed E-state index contributed by atoms with van der Waals surface area (Å²) in [6.45, 7) is 7.43. The van der Waals surface area contributed by atoms with Gasteiger partial charge < -0.3 is 24.8 Å². The van der Waals surface area contributed by atoms with Crippen LogP contribution in [-0.4, -0.2) is 68.7 Å². The summed E-state index contributed by atoms with van der Waals surface area (Å²) in [5.74, 6) is -1.19. The van der Waals surface area contributed by atoms with Crippen LogP contribution in [0.5, 0.6) is 0 Å². The number of anilines is 1. The van der Waals surface area contributed by atoms with Gasteiger partial charge in [-0.05, 0) is 77.6 Å². The lowest BCUT2D eigenvalue weighted by molar-refractivity contribution is -0.137. The number of carbonyl (C=O) groups is 4. The van der Waals surface area contributed by atoms with Crippen LogP contribution in [0.25, 0.3) is 27.6 Å². The van der Waals surface area contributed by atoms with Crippen molar-refractivity contribution in [2.75, 3.05) is 18.5 Å². The minimum absolute atomic E-state index is 0.0791. The molecule has 2 aromatic heterocycles. The fraction of sp³-hybridized carbons (Fsp3) is 0.238. The van der Waals surface area contributed by atoms with Crippen molar-refractivity contribution in [3.05, 3.63) is 132 Å². The zero-order valence-corrected chi connectivity index (χ0v) is 29.9. The number of alkyl carbamates (subject to hydrolysis) is 1. The third kappa shape index (κ3) is 7.27. The summed E-state index contributed by atoms with van der Waals surface area (Å²) in [7, 11) is 0. The minimum Gasteiger partial charge on any atom is -0.449 e. The second-order valence-corrected chi connectivity index (χ2v) is 13.5. The molecule has 1 saturated heterocycles. The summed E-state index contributed by atoms with van der Waals surface area (Å²) < 4.78 is 22.0. The summed E-state index contributed by atoms with van der Waals surface area (Å²) in [6, 6.07) is 21.3. The van der Waals surface area contributed by atoms with Crippen LogP contribution >= 0.6 is 0 Å². The van der Waals surface area contributed by atoms with Gasteiger partial charge in [-0.2, -0.15) is 10.2 Å². The van der Waals surface area contributed by atoms with Gasteiger partial charge in [-0.1, -0.05) is 55.1 Å². The normalized spacial score (nSPS) is 17.7. The van der Waals surface area contributed by atoms with E-state index in [-0.39, 0.29) is 44.4 Å². The zero-order chi connectivity index (χ0) is 37.9. The number of benzene rings is 3. The van der Waals surface area contributed by atoms with E-state index in [1.54, 1.807) is 47.4 Å². The standard InChI is InChI=1S/C42H39FN6O5/c1-4-32-25(2)33-7-5-6-8-34(33)37(32)24-54-42(53)44-19-27-9-12-31(13-10-27)47-41(52)39-18-30(43)21-49(39)40(51)23-48-22-36(26(3)50)35-17-28(11-14-38(35)48)29-15-16-45-46-20-29/h4-17,20,22,30,37,39H,1,18-19,21,23-24H2,2-3H3,(H,44,53)(H,47,52)/t30-,37?,39+/m1/s1. The van der Waals surface area contributed by atoms with Crippen molar-refractivity contribution < 1.29 is 28.3 Å². The number of Topliss-reactive ketones (excluding diaryl/α,β-unsaturated/α-hetero) is 1. The van der Waals surface area contributed by atoms with Crippen LogP contribution in [0, 0.1) is 0 Å². The molecule has 3 aromatic carbocycles. The van der Waals surface area contributed by atoms with E-state index in [1.165, 1.54) is 11.8 Å². The Morgan fingerprint density at radius 1 is 1.02 bits per heavy atom. The molecule has 54 heavy (non-hydrogen) atoms.